The molecule has 0 saturated heterocycles. The summed E-state index contributed by atoms with van der Waals surface area (Å²) in [5.41, 5.74) is 2.90. The fraction of sp³-hybridized carbons (Fsp3) is 0.174. The zero-order chi connectivity index (χ0) is 20.9. The lowest BCUT2D eigenvalue weighted by atomic mass is 10.1. The van der Waals surface area contributed by atoms with Crippen LogP contribution in [0.3, 0.4) is 0 Å². The molecule has 30 heavy (non-hydrogen) atoms. The summed E-state index contributed by atoms with van der Waals surface area (Å²) in [4.78, 5) is 22.6. The van der Waals surface area contributed by atoms with Gasteiger partial charge in [-0.3, -0.25) is 4.79 Å². The summed E-state index contributed by atoms with van der Waals surface area (Å²) in [5, 5.41) is 3.53. The lowest BCUT2D eigenvalue weighted by molar-refractivity contribution is -0.116. The Bertz CT molecular complexity index is 1130. The lowest BCUT2D eigenvalue weighted by Crippen LogP contribution is -2.12. The normalized spacial score (nSPS) is 10.7. The number of ether oxygens (including phenoxy) is 1. The maximum atomic E-state index is 12.5. The molecular weight excluding hydrogens is 396 g/mol. The molecule has 1 N–H and O–H groups in total. The number of aromatic nitrogens is 3. The van der Waals surface area contributed by atoms with Crippen molar-refractivity contribution in [2.45, 2.75) is 12.8 Å². The van der Waals surface area contributed by atoms with Crippen molar-refractivity contribution in [3.8, 4) is 27.7 Å². The molecule has 2 aromatic carbocycles. The summed E-state index contributed by atoms with van der Waals surface area (Å²) in [5.74, 6) is 1.57. The number of imidazole rings is 1. The van der Waals surface area contributed by atoms with Crippen molar-refractivity contribution in [2.24, 2.45) is 7.05 Å². The minimum Gasteiger partial charge on any atom is -0.497 e. The first-order valence-corrected chi connectivity index (χ1v) is 10.4. The van der Waals surface area contributed by atoms with E-state index in [0.29, 0.717) is 18.0 Å². The van der Waals surface area contributed by atoms with Gasteiger partial charge in [0.15, 0.2) is 11.0 Å². The molecule has 0 saturated carbocycles. The maximum absolute atomic E-state index is 12.5. The lowest BCUT2D eigenvalue weighted by Gasteiger charge is -2.04. The van der Waals surface area contributed by atoms with Gasteiger partial charge in [-0.05, 0) is 24.1 Å². The van der Waals surface area contributed by atoms with E-state index in [1.807, 2.05) is 72.4 Å². The number of carbonyl (C=O) groups excluding carboxylic acids is 1. The predicted molar refractivity (Wildman–Crippen MR) is 120 cm³/mol. The summed E-state index contributed by atoms with van der Waals surface area (Å²) >= 11 is 1.44. The largest absolute Gasteiger partial charge is 0.497 e. The second-order valence-electron chi connectivity index (χ2n) is 6.82. The molecule has 7 heteroatoms. The van der Waals surface area contributed by atoms with Gasteiger partial charge in [0, 0.05) is 31.4 Å². The van der Waals surface area contributed by atoms with Gasteiger partial charge in [-0.25, -0.2) is 9.97 Å². The van der Waals surface area contributed by atoms with Crippen molar-refractivity contribution in [3.05, 3.63) is 72.6 Å². The molecule has 0 radical (unpaired) electrons. The SMILES string of the molecule is COc1ccc(CCC(=O)Nc2nc(-c3ccccc3)c(-c3nccn3C)s2)cc1. The molecule has 0 aliphatic heterocycles. The minimum absolute atomic E-state index is 0.0643. The molecule has 4 aromatic rings. The highest BCUT2D eigenvalue weighted by Gasteiger charge is 2.19. The molecule has 0 aliphatic carbocycles. The first-order valence-electron chi connectivity index (χ1n) is 9.61. The predicted octanol–water partition coefficient (Wildman–Crippen LogP) is 4.79. The molecule has 0 atom stereocenters. The zero-order valence-corrected chi connectivity index (χ0v) is 17.6. The number of nitrogens with zero attached hydrogens (tertiary/aromatic N) is 3. The molecular formula is C23H22N4O2S. The van der Waals surface area contributed by atoms with Gasteiger partial charge in [-0.2, -0.15) is 0 Å². The number of amides is 1. The number of aryl methyl sites for hydroxylation is 2. The Labute approximate surface area is 179 Å². The third-order valence-electron chi connectivity index (χ3n) is 4.74. The fourth-order valence-electron chi connectivity index (χ4n) is 3.13. The quantitative estimate of drug-likeness (QED) is 0.468. The fourth-order valence-corrected chi connectivity index (χ4v) is 4.18. The number of hydrogen-bond acceptors (Lipinski definition) is 5. The van der Waals surface area contributed by atoms with Crippen LogP contribution in [0, 0.1) is 0 Å². The van der Waals surface area contributed by atoms with Crippen molar-refractivity contribution in [2.75, 3.05) is 12.4 Å². The Morgan fingerprint density at radius 1 is 1.13 bits per heavy atom. The van der Waals surface area contributed by atoms with Crippen LogP contribution in [-0.2, 0) is 18.3 Å². The molecule has 152 valence electrons. The molecule has 0 unspecified atom stereocenters. The van der Waals surface area contributed by atoms with Crippen molar-refractivity contribution in [1.29, 1.82) is 0 Å². The first kappa shape index (κ1) is 19.8. The Morgan fingerprint density at radius 2 is 1.90 bits per heavy atom. The highest BCUT2D eigenvalue weighted by atomic mass is 32.1. The minimum atomic E-state index is -0.0643. The van der Waals surface area contributed by atoms with Crippen LogP contribution in [0.15, 0.2) is 67.0 Å². The standard InChI is InChI=1S/C23H22N4O2S/c1-27-15-14-24-22(27)21-20(17-6-4-3-5-7-17)26-23(30-21)25-19(28)13-10-16-8-11-18(29-2)12-9-16/h3-9,11-12,14-15H,10,13H2,1-2H3,(H,25,26,28). The Kier molecular flexibility index (Phi) is 5.90. The van der Waals surface area contributed by atoms with Crippen LogP contribution in [0.25, 0.3) is 22.0 Å². The van der Waals surface area contributed by atoms with E-state index in [4.69, 9.17) is 9.72 Å². The summed E-state index contributed by atoms with van der Waals surface area (Å²) in [7, 11) is 3.59. The van der Waals surface area contributed by atoms with Crippen LogP contribution in [0.4, 0.5) is 5.13 Å². The molecule has 1 amide bonds. The monoisotopic (exact) mass is 418 g/mol. The number of nitrogens with one attached hydrogen (secondary N) is 1. The number of thiazole rings is 1. The van der Waals surface area contributed by atoms with Crippen molar-refractivity contribution < 1.29 is 9.53 Å². The van der Waals surface area contributed by atoms with Gasteiger partial charge in [0.1, 0.15) is 5.75 Å². The van der Waals surface area contributed by atoms with Crippen LogP contribution in [-0.4, -0.2) is 27.6 Å². The summed E-state index contributed by atoms with van der Waals surface area (Å²) in [6.07, 6.45) is 4.69. The summed E-state index contributed by atoms with van der Waals surface area (Å²) in [6.45, 7) is 0. The Morgan fingerprint density at radius 3 is 2.57 bits per heavy atom. The van der Waals surface area contributed by atoms with Gasteiger partial charge < -0.3 is 14.6 Å². The maximum Gasteiger partial charge on any atom is 0.226 e. The molecule has 0 bridgehead atoms. The van der Waals surface area contributed by atoms with Crippen LogP contribution < -0.4 is 10.1 Å². The number of rotatable bonds is 7. The number of carbonyl (C=O) groups is 1. The van der Waals surface area contributed by atoms with Gasteiger partial charge in [0.05, 0.1) is 17.7 Å². The van der Waals surface area contributed by atoms with E-state index in [2.05, 4.69) is 10.3 Å². The zero-order valence-electron chi connectivity index (χ0n) is 16.8. The van der Waals surface area contributed by atoms with E-state index < -0.39 is 0 Å². The number of methoxy groups -OCH3 is 1. The van der Waals surface area contributed by atoms with Gasteiger partial charge >= 0.3 is 0 Å². The van der Waals surface area contributed by atoms with Crippen molar-refractivity contribution >= 4 is 22.4 Å². The van der Waals surface area contributed by atoms with Crippen LogP contribution >= 0.6 is 11.3 Å². The third-order valence-corrected chi connectivity index (χ3v) is 5.71. The van der Waals surface area contributed by atoms with Gasteiger partial charge in [-0.15, -0.1) is 0 Å². The van der Waals surface area contributed by atoms with Crippen molar-refractivity contribution in [3.63, 3.8) is 0 Å². The highest BCUT2D eigenvalue weighted by Crippen LogP contribution is 2.38. The van der Waals surface area contributed by atoms with Crippen LogP contribution in [0.2, 0.25) is 0 Å². The number of benzene rings is 2. The first-order chi connectivity index (χ1) is 14.6. The Hall–Kier alpha value is -3.45. The number of hydrogen-bond donors (Lipinski definition) is 1. The van der Waals surface area contributed by atoms with Gasteiger partial charge in [-0.1, -0.05) is 53.8 Å². The third kappa shape index (κ3) is 4.41. The molecule has 2 aromatic heterocycles. The molecule has 0 aliphatic rings. The average Bonchev–Trinajstić information content (AvgIpc) is 3.39. The molecule has 0 spiro atoms. The molecule has 2 heterocycles. The van der Waals surface area contributed by atoms with Gasteiger partial charge in [0.2, 0.25) is 5.91 Å². The van der Waals surface area contributed by atoms with Crippen LogP contribution in [0.5, 0.6) is 5.75 Å². The molecule has 0 fully saturated rings. The van der Waals surface area contributed by atoms with E-state index in [1.54, 1.807) is 13.3 Å². The van der Waals surface area contributed by atoms with E-state index in [1.165, 1.54) is 11.3 Å². The molecule has 6 nitrogen and oxygen atoms in total. The van der Waals surface area contributed by atoms with Crippen molar-refractivity contribution in [1.82, 2.24) is 14.5 Å². The van der Waals surface area contributed by atoms with E-state index >= 15 is 0 Å². The second-order valence-corrected chi connectivity index (χ2v) is 7.82. The highest BCUT2D eigenvalue weighted by molar-refractivity contribution is 7.19. The van der Waals surface area contributed by atoms with E-state index in [-0.39, 0.29) is 5.91 Å². The summed E-state index contributed by atoms with van der Waals surface area (Å²) < 4.78 is 7.12. The Balaban J connectivity index is 1.52. The average molecular weight is 419 g/mol. The summed E-state index contributed by atoms with van der Waals surface area (Å²) in [6, 6.07) is 17.7. The topological polar surface area (TPSA) is 69.0 Å². The second kappa shape index (κ2) is 8.92. The van der Waals surface area contributed by atoms with Crippen LogP contribution in [0.1, 0.15) is 12.0 Å². The smallest absolute Gasteiger partial charge is 0.226 e. The molecule has 4 rings (SSSR count). The van der Waals surface area contributed by atoms with E-state index in [0.717, 1.165) is 33.3 Å². The van der Waals surface area contributed by atoms with Gasteiger partial charge in [0.25, 0.3) is 0 Å². The van der Waals surface area contributed by atoms with E-state index in [9.17, 15) is 4.79 Å². The number of anilines is 1.